The molecule has 148 valence electrons. The molecule has 0 bridgehead atoms. The number of nitrogens with zero attached hydrogens (tertiary/aromatic N) is 2. The van der Waals surface area contributed by atoms with Crippen molar-refractivity contribution in [2.45, 2.75) is 31.1 Å². The molecule has 2 aromatic carbocycles. The zero-order chi connectivity index (χ0) is 20.7. The van der Waals surface area contributed by atoms with Gasteiger partial charge in [-0.3, -0.25) is 4.72 Å². The quantitative estimate of drug-likeness (QED) is 0.612. The summed E-state index contributed by atoms with van der Waals surface area (Å²) in [4.78, 5) is -1.02. The normalized spacial score (nSPS) is 12.2. The van der Waals surface area contributed by atoms with E-state index >= 15 is 0 Å². The predicted octanol–water partition coefficient (Wildman–Crippen LogP) is 4.72. The van der Waals surface area contributed by atoms with Crippen molar-refractivity contribution in [2.75, 3.05) is 4.72 Å². The third kappa shape index (κ3) is 4.02. The van der Waals surface area contributed by atoms with Crippen molar-refractivity contribution in [3.05, 3.63) is 59.4 Å². The fourth-order valence-corrected chi connectivity index (χ4v) is 4.43. The highest BCUT2D eigenvalue weighted by atomic mass is 32.2. The van der Waals surface area contributed by atoms with Crippen LogP contribution in [0.1, 0.15) is 26.3 Å². The Morgan fingerprint density at radius 3 is 2.18 bits per heavy atom. The minimum atomic E-state index is -4.50. The van der Waals surface area contributed by atoms with E-state index in [-0.39, 0.29) is 10.5 Å². The van der Waals surface area contributed by atoms with Crippen molar-refractivity contribution in [3.63, 3.8) is 0 Å². The van der Waals surface area contributed by atoms with Crippen LogP contribution in [0.15, 0.2) is 41.3 Å². The monoisotopic (exact) mass is 427 g/mol. The van der Waals surface area contributed by atoms with Crippen molar-refractivity contribution in [1.82, 2.24) is 10.2 Å². The van der Waals surface area contributed by atoms with Crippen LogP contribution in [-0.2, 0) is 15.4 Å². The number of hydrogen-bond donors (Lipinski definition) is 1. The smallest absolute Gasteiger partial charge is 0.253 e. The summed E-state index contributed by atoms with van der Waals surface area (Å²) >= 11 is 0.931. The molecule has 0 radical (unpaired) electrons. The van der Waals surface area contributed by atoms with Crippen LogP contribution in [0.2, 0.25) is 0 Å². The van der Waals surface area contributed by atoms with Gasteiger partial charge in [-0.2, -0.15) is 0 Å². The van der Waals surface area contributed by atoms with Gasteiger partial charge in [0.2, 0.25) is 5.13 Å². The molecular weight excluding hydrogens is 411 g/mol. The number of nitrogens with one attached hydrogen (secondary N) is 1. The summed E-state index contributed by atoms with van der Waals surface area (Å²) in [5, 5.41) is 7.98. The predicted molar refractivity (Wildman–Crippen MR) is 101 cm³/mol. The van der Waals surface area contributed by atoms with E-state index in [0.717, 1.165) is 22.5 Å². The van der Waals surface area contributed by atoms with Crippen molar-refractivity contribution in [3.8, 4) is 10.6 Å². The van der Waals surface area contributed by atoms with Crippen molar-refractivity contribution < 1.29 is 21.6 Å². The Morgan fingerprint density at radius 1 is 0.929 bits per heavy atom. The fourth-order valence-electron chi connectivity index (χ4n) is 2.38. The van der Waals surface area contributed by atoms with Crippen LogP contribution in [0.5, 0.6) is 0 Å². The summed E-state index contributed by atoms with van der Waals surface area (Å²) in [5.41, 5.74) is 1.83. The van der Waals surface area contributed by atoms with Gasteiger partial charge in [0, 0.05) is 5.56 Å². The van der Waals surface area contributed by atoms with Crippen molar-refractivity contribution >= 4 is 26.5 Å². The van der Waals surface area contributed by atoms with E-state index < -0.39 is 32.4 Å². The van der Waals surface area contributed by atoms with Crippen LogP contribution in [-0.4, -0.2) is 18.6 Å². The molecule has 10 heteroatoms. The minimum absolute atomic E-state index is 0.0189. The lowest BCUT2D eigenvalue weighted by Crippen LogP contribution is -2.15. The highest BCUT2D eigenvalue weighted by molar-refractivity contribution is 7.93. The van der Waals surface area contributed by atoms with E-state index in [9.17, 15) is 21.6 Å². The van der Waals surface area contributed by atoms with Gasteiger partial charge in [-0.1, -0.05) is 56.4 Å². The maximum atomic E-state index is 13.8. The number of halogens is 3. The van der Waals surface area contributed by atoms with E-state index in [1.165, 1.54) is 0 Å². The molecule has 3 rings (SSSR count). The van der Waals surface area contributed by atoms with Crippen LogP contribution >= 0.6 is 11.3 Å². The van der Waals surface area contributed by atoms with Gasteiger partial charge < -0.3 is 0 Å². The van der Waals surface area contributed by atoms with Crippen LogP contribution < -0.4 is 4.72 Å². The van der Waals surface area contributed by atoms with Gasteiger partial charge >= 0.3 is 0 Å². The van der Waals surface area contributed by atoms with Crippen LogP contribution in [0.4, 0.5) is 18.3 Å². The summed E-state index contributed by atoms with van der Waals surface area (Å²) in [6.45, 7) is 6.24. The molecule has 0 unspecified atom stereocenters. The third-order valence-electron chi connectivity index (χ3n) is 3.93. The first-order valence-corrected chi connectivity index (χ1v) is 10.4. The highest BCUT2D eigenvalue weighted by Crippen LogP contribution is 2.30. The van der Waals surface area contributed by atoms with E-state index in [2.05, 4.69) is 31.0 Å². The second-order valence-corrected chi connectivity index (χ2v) is 9.65. The van der Waals surface area contributed by atoms with E-state index in [1.807, 2.05) is 29.0 Å². The molecule has 0 spiro atoms. The number of rotatable bonds is 4. The first kappa shape index (κ1) is 20.3. The summed E-state index contributed by atoms with van der Waals surface area (Å²) in [6.07, 6.45) is 0. The molecule has 0 saturated carbocycles. The van der Waals surface area contributed by atoms with Gasteiger partial charge in [-0.05, 0) is 23.1 Å². The van der Waals surface area contributed by atoms with Gasteiger partial charge in [0.25, 0.3) is 10.0 Å². The maximum Gasteiger partial charge on any atom is 0.266 e. The molecule has 1 aromatic heterocycles. The SMILES string of the molecule is CC(C)(C)c1ccc(-c2nnc(NS(=O)(=O)c3ccc(F)c(F)c3F)s2)cc1. The summed E-state index contributed by atoms with van der Waals surface area (Å²) in [6, 6.07) is 8.75. The first-order valence-electron chi connectivity index (χ1n) is 8.10. The number of hydrogen-bond acceptors (Lipinski definition) is 5. The Morgan fingerprint density at radius 2 is 1.57 bits per heavy atom. The number of benzene rings is 2. The Balaban J connectivity index is 1.86. The molecule has 28 heavy (non-hydrogen) atoms. The second kappa shape index (κ2) is 7.17. The molecule has 0 amide bonds. The lowest BCUT2D eigenvalue weighted by Gasteiger charge is -2.18. The molecule has 0 aliphatic rings. The molecule has 0 aliphatic carbocycles. The largest absolute Gasteiger partial charge is 0.266 e. The average Bonchev–Trinajstić information content (AvgIpc) is 3.06. The number of sulfonamides is 1. The Bertz CT molecular complexity index is 1120. The van der Waals surface area contributed by atoms with E-state index in [1.54, 1.807) is 0 Å². The third-order valence-corrected chi connectivity index (χ3v) is 6.31. The van der Waals surface area contributed by atoms with Crippen LogP contribution in [0.25, 0.3) is 10.6 Å². The van der Waals surface area contributed by atoms with Gasteiger partial charge in [-0.25, -0.2) is 21.6 Å². The fraction of sp³-hybridized carbons (Fsp3) is 0.222. The minimum Gasteiger partial charge on any atom is -0.253 e. The molecule has 5 nitrogen and oxygen atoms in total. The molecule has 1 N–H and O–H groups in total. The Kier molecular flexibility index (Phi) is 5.20. The molecule has 0 fully saturated rings. The zero-order valence-corrected chi connectivity index (χ0v) is 16.8. The Hall–Kier alpha value is -2.46. The van der Waals surface area contributed by atoms with Gasteiger partial charge in [0.15, 0.2) is 17.5 Å². The molecule has 1 heterocycles. The molecule has 0 atom stereocenters. The first-order chi connectivity index (χ1) is 13.0. The Labute approximate surface area is 164 Å². The van der Waals surface area contributed by atoms with Gasteiger partial charge in [-0.15, -0.1) is 10.2 Å². The topological polar surface area (TPSA) is 72.0 Å². The summed E-state index contributed by atoms with van der Waals surface area (Å²) in [7, 11) is -4.50. The van der Waals surface area contributed by atoms with E-state index in [4.69, 9.17) is 0 Å². The maximum absolute atomic E-state index is 13.8. The number of anilines is 1. The molecule has 3 aromatic rings. The van der Waals surface area contributed by atoms with Crippen molar-refractivity contribution in [1.29, 1.82) is 0 Å². The lowest BCUT2D eigenvalue weighted by molar-refractivity contribution is 0.432. The second-order valence-electron chi connectivity index (χ2n) is 7.02. The number of aromatic nitrogens is 2. The molecule has 0 saturated heterocycles. The van der Waals surface area contributed by atoms with Crippen LogP contribution in [0, 0.1) is 17.5 Å². The summed E-state index contributed by atoms with van der Waals surface area (Å²) in [5.74, 6) is -5.14. The highest BCUT2D eigenvalue weighted by Gasteiger charge is 2.25. The van der Waals surface area contributed by atoms with Crippen molar-refractivity contribution in [2.24, 2.45) is 0 Å². The summed E-state index contributed by atoms with van der Waals surface area (Å²) < 4.78 is 66.8. The zero-order valence-electron chi connectivity index (χ0n) is 15.1. The lowest BCUT2D eigenvalue weighted by atomic mass is 9.87. The molecule has 0 aliphatic heterocycles. The van der Waals surface area contributed by atoms with Gasteiger partial charge in [0.05, 0.1) is 0 Å². The van der Waals surface area contributed by atoms with E-state index in [0.29, 0.717) is 17.1 Å². The standard InChI is InChI=1S/C18H16F3N3O2S2/c1-18(2,3)11-6-4-10(5-7-11)16-22-23-17(27-16)24-28(25,26)13-9-8-12(19)14(20)15(13)21/h4-9H,1-3H3,(H,23,24). The average molecular weight is 427 g/mol. The van der Waals surface area contributed by atoms with Gasteiger partial charge in [0.1, 0.15) is 9.90 Å². The molecular formula is C18H16F3N3O2S2. The van der Waals surface area contributed by atoms with Crippen LogP contribution in [0.3, 0.4) is 0 Å².